The number of piperazine rings is 1. The number of rotatable bonds is 2. The first kappa shape index (κ1) is 15.1. The van der Waals surface area contributed by atoms with Crippen molar-refractivity contribution >= 4 is 17.5 Å². The first-order chi connectivity index (χ1) is 10.6. The van der Waals surface area contributed by atoms with Gasteiger partial charge in [0.1, 0.15) is 5.69 Å². The van der Waals surface area contributed by atoms with Gasteiger partial charge in [0.2, 0.25) is 0 Å². The van der Waals surface area contributed by atoms with Crippen molar-refractivity contribution in [3.05, 3.63) is 41.0 Å². The highest BCUT2D eigenvalue weighted by Gasteiger charge is 2.26. The van der Waals surface area contributed by atoms with E-state index in [1.54, 1.807) is 10.9 Å². The molecule has 0 radical (unpaired) electrons. The molecule has 0 saturated carbocycles. The molecule has 0 spiro atoms. The summed E-state index contributed by atoms with van der Waals surface area (Å²) in [5.74, 6) is 0.0105. The Morgan fingerprint density at radius 2 is 2.18 bits per heavy atom. The van der Waals surface area contributed by atoms with Crippen LogP contribution in [0.4, 0.5) is 0 Å². The summed E-state index contributed by atoms with van der Waals surface area (Å²) in [5, 5.41) is 8.39. The molecule has 1 amide bonds. The van der Waals surface area contributed by atoms with E-state index in [4.69, 9.17) is 11.6 Å². The van der Waals surface area contributed by atoms with Crippen LogP contribution in [-0.2, 0) is 7.05 Å². The average Bonchev–Trinajstić information content (AvgIpc) is 2.88. The molecule has 5 nitrogen and oxygen atoms in total. The van der Waals surface area contributed by atoms with Gasteiger partial charge in [-0.1, -0.05) is 29.8 Å². The van der Waals surface area contributed by atoms with Crippen LogP contribution >= 0.6 is 11.6 Å². The van der Waals surface area contributed by atoms with Crippen LogP contribution in [0.25, 0.3) is 11.3 Å². The van der Waals surface area contributed by atoms with E-state index >= 15 is 0 Å². The second-order valence-corrected chi connectivity index (χ2v) is 6.06. The molecule has 1 aromatic heterocycles. The maximum Gasteiger partial charge on any atom is 0.257 e. The highest BCUT2D eigenvalue weighted by atomic mass is 35.5. The molecule has 1 fully saturated rings. The molecule has 1 atom stereocenters. The molecule has 1 unspecified atom stereocenters. The van der Waals surface area contributed by atoms with E-state index in [1.165, 1.54) is 0 Å². The van der Waals surface area contributed by atoms with Gasteiger partial charge in [-0.3, -0.25) is 9.48 Å². The van der Waals surface area contributed by atoms with Crippen molar-refractivity contribution in [1.29, 1.82) is 0 Å². The van der Waals surface area contributed by atoms with E-state index in [2.05, 4.69) is 17.3 Å². The maximum atomic E-state index is 12.9. The lowest BCUT2D eigenvalue weighted by Crippen LogP contribution is -2.51. The molecule has 1 aliphatic heterocycles. The lowest BCUT2D eigenvalue weighted by atomic mass is 10.1. The molecule has 1 aliphatic rings. The second-order valence-electron chi connectivity index (χ2n) is 5.65. The predicted molar refractivity (Wildman–Crippen MR) is 87.0 cm³/mol. The Morgan fingerprint density at radius 3 is 2.91 bits per heavy atom. The SMILES string of the molecule is CC1CN(C(=O)c2cn(C)nc2-c2ccccc2Cl)CCN1. The molecule has 1 N–H and O–H groups in total. The van der Waals surface area contributed by atoms with Gasteiger partial charge in [0.25, 0.3) is 5.91 Å². The number of amides is 1. The highest BCUT2D eigenvalue weighted by Crippen LogP contribution is 2.29. The number of carbonyl (C=O) groups excluding carboxylic acids is 1. The fraction of sp³-hybridized carbons (Fsp3) is 0.375. The summed E-state index contributed by atoms with van der Waals surface area (Å²) in [6, 6.07) is 7.78. The van der Waals surface area contributed by atoms with Gasteiger partial charge in [0, 0.05) is 44.5 Å². The van der Waals surface area contributed by atoms with E-state index in [1.807, 2.05) is 36.2 Å². The topological polar surface area (TPSA) is 50.2 Å². The third-order valence-corrected chi connectivity index (χ3v) is 4.17. The zero-order valence-electron chi connectivity index (χ0n) is 12.7. The largest absolute Gasteiger partial charge is 0.336 e. The Morgan fingerprint density at radius 1 is 1.41 bits per heavy atom. The van der Waals surface area contributed by atoms with Gasteiger partial charge < -0.3 is 10.2 Å². The van der Waals surface area contributed by atoms with Gasteiger partial charge in [-0.15, -0.1) is 0 Å². The Kier molecular flexibility index (Phi) is 4.18. The first-order valence-electron chi connectivity index (χ1n) is 7.37. The minimum Gasteiger partial charge on any atom is -0.336 e. The van der Waals surface area contributed by atoms with E-state index < -0.39 is 0 Å². The Balaban J connectivity index is 1.98. The van der Waals surface area contributed by atoms with Crippen LogP contribution in [-0.4, -0.2) is 46.3 Å². The molecule has 1 aromatic carbocycles. The molecule has 3 rings (SSSR count). The van der Waals surface area contributed by atoms with E-state index in [-0.39, 0.29) is 5.91 Å². The molecule has 0 aliphatic carbocycles. The summed E-state index contributed by atoms with van der Waals surface area (Å²) in [7, 11) is 1.82. The zero-order chi connectivity index (χ0) is 15.7. The van der Waals surface area contributed by atoms with E-state index in [0.717, 1.165) is 12.1 Å². The van der Waals surface area contributed by atoms with Gasteiger partial charge in [-0.2, -0.15) is 5.10 Å². The summed E-state index contributed by atoms with van der Waals surface area (Å²) in [6.45, 7) is 4.31. The van der Waals surface area contributed by atoms with Crippen molar-refractivity contribution in [3.63, 3.8) is 0 Å². The molecular weight excluding hydrogens is 300 g/mol. The molecule has 6 heteroatoms. The van der Waals surface area contributed by atoms with Crippen LogP contribution in [0.5, 0.6) is 0 Å². The third-order valence-electron chi connectivity index (χ3n) is 3.84. The van der Waals surface area contributed by atoms with Crippen molar-refractivity contribution in [2.24, 2.45) is 7.05 Å². The Bertz CT molecular complexity index is 697. The van der Waals surface area contributed by atoms with Crippen molar-refractivity contribution in [3.8, 4) is 11.3 Å². The van der Waals surface area contributed by atoms with Crippen molar-refractivity contribution in [1.82, 2.24) is 20.0 Å². The number of halogens is 1. The standard InChI is InChI=1S/C16H19ClN4O/c1-11-9-21(8-7-18-11)16(22)13-10-20(2)19-15(13)12-5-3-4-6-14(12)17/h3-6,10-11,18H,7-9H2,1-2H3. The molecule has 1 saturated heterocycles. The van der Waals surface area contributed by atoms with Crippen molar-refractivity contribution < 1.29 is 4.79 Å². The van der Waals surface area contributed by atoms with Crippen molar-refractivity contribution in [2.45, 2.75) is 13.0 Å². The smallest absolute Gasteiger partial charge is 0.257 e. The third kappa shape index (κ3) is 2.87. The van der Waals surface area contributed by atoms with Gasteiger partial charge in [0.05, 0.1) is 10.6 Å². The second kappa shape index (κ2) is 6.10. The predicted octanol–water partition coefficient (Wildman–Crippen LogP) is 2.17. The molecule has 0 bridgehead atoms. The normalized spacial score (nSPS) is 18.5. The summed E-state index contributed by atoms with van der Waals surface area (Å²) >= 11 is 6.27. The highest BCUT2D eigenvalue weighted by molar-refractivity contribution is 6.33. The number of hydrogen-bond acceptors (Lipinski definition) is 3. The van der Waals surface area contributed by atoms with E-state index in [9.17, 15) is 4.79 Å². The van der Waals surface area contributed by atoms with Crippen molar-refractivity contribution in [2.75, 3.05) is 19.6 Å². The monoisotopic (exact) mass is 318 g/mol. The molecule has 2 heterocycles. The number of carbonyl (C=O) groups is 1. The minimum atomic E-state index is 0.0105. The fourth-order valence-electron chi connectivity index (χ4n) is 2.78. The van der Waals surface area contributed by atoms with Gasteiger partial charge in [-0.05, 0) is 13.0 Å². The number of nitrogens with zero attached hydrogens (tertiary/aromatic N) is 3. The lowest BCUT2D eigenvalue weighted by Gasteiger charge is -2.31. The zero-order valence-corrected chi connectivity index (χ0v) is 13.5. The maximum absolute atomic E-state index is 12.9. The van der Waals surface area contributed by atoms with Crippen LogP contribution in [0.2, 0.25) is 5.02 Å². The summed E-state index contributed by atoms with van der Waals surface area (Å²) in [6.07, 6.45) is 1.77. The number of hydrogen-bond donors (Lipinski definition) is 1. The quantitative estimate of drug-likeness (QED) is 0.923. The Labute approximate surface area is 134 Å². The first-order valence-corrected chi connectivity index (χ1v) is 7.75. The van der Waals surface area contributed by atoms with Crippen LogP contribution in [0, 0.1) is 0 Å². The van der Waals surface area contributed by atoms with Gasteiger partial charge in [-0.25, -0.2) is 0 Å². The van der Waals surface area contributed by atoms with Crippen LogP contribution in [0.15, 0.2) is 30.5 Å². The van der Waals surface area contributed by atoms with Crippen LogP contribution in [0.3, 0.4) is 0 Å². The van der Waals surface area contributed by atoms with E-state index in [0.29, 0.717) is 35.4 Å². The number of aromatic nitrogens is 2. The lowest BCUT2D eigenvalue weighted by molar-refractivity contribution is 0.0710. The fourth-order valence-corrected chi connectivity index (χ4v) is 3.01. The molecular formula is C16H19ClN4O. The van der Waals surface area contributed by atoms with Crippen LogP contribution in [0.1, 0.15) is 17.3 Å². The summed E-state index contributed by atoms with van der Waals surface area (Å²) in [4.78, 5) is 14.7. The number of benzene rings is 1. The average molecular weight is 319 g/mol. The molecule has 116 valence electrons. The number of nitrogens with one attached hydrogen (secondary N) is 1. The minimum absolute atomic E-state index is 0.0105. The number of aryl methyl sites for hydroxylation is 1. The summed E-state index contributed by atoms with van der Waals surface area (Å²) in [5.41, 5.74) is 2.03. The van der Waals surface area contributed by atoms with Gasteiger partial charge >= 0.3 is 0 Å². The van der Waals surface area contributed by atoms with Gasteiger partial charge in [0.15, 0.2) is 0 Å². The van der Waals surface area contributed by atoms with Crippen LogP contribution < -0.4 is 5.32 Å². The molecule has 22 heavy (non-hydrogen) atoms. The Hall–Kier alpha value is -1.85. The summed E-state index contributed by atoms with van der Waals surface area (Å²) < 4.78 is 1.66. The molecule has 2 aromatic rings.